The molecule has 3 saturated carbocycles. The third-order valence-corrected chi connectivity index (χ3v) is 6.58. The van der Waals surface area contributed by atoms with E-state index in [9.17, 15) is 9.90 Å². The standard InChI is InChI=1S/C20H22O3/c1-23-13-6-7-14(10-2-3-10)15(9-13)18-19(21)16-11-4-5-12(8-11)17(16)20(18)22/h6-7,9-12,16-17,21H,2-5,8H2,1H3/t11-,12+,16?,17?/m0/s1. The first-order valence-electron chi connectivity index (χ1n) is 8.84. The van der Waals surface area contributed by atoms with Crippen LogP contribution in [0.1, 0.15) is 49.1 Å². The number of Topliss-reactive ketones (excluding diaryl/α,β-unsaturated/α-hetero) is 1. The smallest absolute Gasteiger partial charge is 0.170 e. The van der Waals surface area contributed by atoms with Gasteiger partial charge in [-0.3, -0.25) is 4.79 Å². The summed E-state index contributed by atoms with van der Waals surface area (Å²) in [6.45, 7) is 0. The van der Waals surface area contributed by atoms with Gasteiger partial charge in [0, 0.05) is 11.8 Å². The van der Waals surface area contributed by atoms with Gasteiger partial charge in [-0.15, -0.1) is 0 Å². The predicted octanol–water partition coefficient (Wildman–Crippen LogP) is 4.09. The minimum Gasteiger partial charge on any atom is -0.511 e. The van der Waals surface area contributed by atoms with Gasteiger partial charge in [-0.25, -0.2) is 0 Å². The number of methoxy groups -OCH3 is 1. The first-order valence-corrected chi connectivity index (χ1v) is 8.84. The minimum atomic E-state index is 0.0435. The molecule has 0 aliphatic heterocycles. The van der Waals surface area contributed by atoms with Crippen molar-refractivity contribution in [2.45, 2.75) is 38.0 Å². The average Bonchev–Trinajstić information content (AvgIpc) is 3.11. The molecule has 2 bridgehead atoms. The zero-order valence-corrected chi connectivity index (χ0v) is 13.4. The summed E-state index contributed by atoms with van der Waals surface area (Å²) in [5, 5.41) is 10.9. The van der Waals surface area contributed by atoms with Crippen LogP contribution < -0.4 is 4.74 Å². The number of benzene rings is 1. The number of fused-ring (bicyclic) bond motifs is 5. The molecule has 2 unspecified atom stereocenters. The number of ketones is 1. The molecule has 4 atom stereocenters. The second-order valence-electron chi connectivity index (χ2n) is 7.74. The van der Waals surface area contributed by atoms with Crippen molar-refractivity contribution < 1.29 is 14.6 Å². The van der Waals surface area contributed by atoms with Crippen molar-refractivity contribution in [3.8, 4) is 5.75 Å². The Morgan fingerprint density at radius 1 is 1.09 bits per heavy atom. The van der Waals surface area contributed by atoms with Crippen LogP contribution in [0.4, 0.5) is 0 Å². The molecule has 0 radical (unpaired) electrons. The van der Waals surface area contributed by atoms with Gasteiger partial charge in [0.25, 0.3) is 0 Å². The first kappa shape index (κ1) is 13.6. The second-order valence-corrected chi connectivity index (χ2v) is 7.74. The van der Waals surface area contributed by atoms with Gasteiger partial charge < -0.3 is 9.84 Å². The molecule has 4 aliphatic carbocycles. The minimum absolute atomic E-state index is 0.0435. The van der Waals surface area contributed by atoms with Gasteiger partial charge in [-0.05, 0) is 73.1 Å². The number of allylic oxidation sites excluding steroid dienone is 2. The lowest BCUT2D eigenvalue weighted by Crippen LogP contribution is -2.24. The number of carbonyl (C=O) groups excluding carboxylic acids is 1. The Kier molecular flexibility index (Phi) is 2.74. The lowest BCUT2D eigenvalue weighted by Gasteiger charge is -2.23. The maximum absolute atomic E-state index is 13.1. The van der Waals surface area contributed by atoms with Crippen LogP contribution in [-0.4, -0.2) is 18.0 Å². The van der Waals surface area contributed by atoms with Gasteiger partial charge in [0.15, 0.2) is 5.78 Å². The SMILES string of the molecule is COc1ccc(C2CC2)c(C2=C(O)C3C(C2=O)[C@@H]2CC[C@H]3C2)c1. The molecule has 0 spiro atoms. The topological polar surface area (TPSA) is 46.5 Å². The molecule has 1 aromatic carbocycles. The Morgan fingerprint density at radius 3 is 2.48 bits per heavy atom. The number of hydrogen-bond donors (Lipinski definition) is 1. The Hall–Kier alpha value is -1.77. The van der Waals surface area contributed by atoms with Crippen molar-refractivity contribution in [3.63, 3.8) is 0 Å². The summed E-state index contributed by atoms with van der Waals surface area (Å²) < 4.78 is 5.37. The summed E-state index contributed by atoms with van der Waals surface area (Å²) in [7, 11) is 1.65. The van der Waals surface area contributed by atoms with Crippen LogP contribution >= 0.6 is 0 Å². The number of aliphatic hydroxyl groups excluding tert-OH is 1. The molecular weight excluding hydrogens is 288 g/mol. The molecule has 0 saturated heterocycles. The average molecular weight is 310 g/mol. The maximum atomic E-state index is 13.1. The Labute approximate surface area is 136 Å². The van der Waals surface area contributed by atoms with E-state index >= 15 is 0 Å². The van der Waals surface area contributed by atoms with E-state index in [0.717, 1.165) is 24.2 Å². The lowest BCUT2D eigenvalue weighted by atomic mass is 9.80. The third kappa shape index (κ3) is 1.79. The molecule has 3 fully saturated rings. The van der Waals surface area contributed by atoms with Crippen LogP contribution in [0.3, 0.4) is 0 Å². The monoisotopic (exact) mass is 310 g/mol. The molecule has 1 N–H and O–H groups in total. The number of ether oxygens (including phenoxy) is 1. The number of rotatable bonds is 3. The first-order chi connectivity index (χ1) is 11.2. The maximum Gasteiger partial charge on any atom is 0.170 e. The summed E-state index contributed by atoms with van der Waals surface area (Å²) in [5.74, 6) is 3.01. The highest BCUT2D eigenvalue weighted by atomic mass is 16.5. The second kappa shape index (κ2) is 4.62. The van der Waals surface area contributed by atoms with Crippen molar-refractivity contribution in [1.29, 1.82) is 0 Å². The highest BCUT2D eigenvalue weighted by Gasteiger charge is 2.57. The van der Waals surface area contributed by atoms with Crippen molar-refractivity contribution >= 4 is 11.4 Å². The van der Waals surface area contributed by atoms with Crippen LogP contribution in [0.25, 0.3) is 5.57 Å². The molecule has 3 nitrogen and oxygen atoms in total. The predicted molar refractivity (Wildman–Crippen MR) is 87.3 cm³/mol. The summed E-state index contributed by atoms with van der Waals surface area (Å²) >= 11 is 0. The molecule has 3 heteroatoms. The fourth-order valence-corrected chi connectivity index (χ4v) is 5.42. The molecular formula is C20H22O3. The normalized spacial score (nSPS) is 35.1. The number of hydrogen-bond acceptors (Lipinski definition) is 3. The van der Waals surface area contributed by atoms with Crippen LogP contribution in [0.5, 0.6) is 5.75 Å². The largest absolute Gasteiger partial charge is 0.511 e. The van der Waals surface area contributed by atoms with E-state index in [1.807, 2.05) is 12.1 Å². The van der Waals surface area contributed by atoms with E-state index in [1.54, 1.807) is 7.11 Å². The van der Waals surface area contributed by atoms with Crippen LogP contribution in [0, 0.1) is 23.7 Å². The van der Waals surface area contributed by atoms with E-state index < -0.39 is 0 Å². The fourth-order valence-electron chi connectivity index (χ4n) is 5.42. The molecule has 23 heavy (non-hydrogen) atoms. The van der Waals surface area contributed by atoms with Gasteiger partial charge >= 0.3 is 0 Å². The van der Waals surface area contributed by atoms with Gasteiger partial charge in [-0.2, -0.15) is 0 Å². The molecule has 0 aromatic heterocycles. The summed E-state index contributed by atoms with van der Waals surface area (Å²) in [6.07, 6.45) is 5.82. The fraction of sp³-hybridized carbons (Fsp3) is 0.550. The molecule has 0 amide bonds. The van der Waals surface area contributed by atoms with Crippen molar-refractivity contribution in [3.05, 3.63) is 35.1 Å². The summed E-state index contributed by atoms with van der Waals surface area (Å²) in [5.41, 5.74) is 2.76. The van der Waals surface area contributed by atoms with Crippen LogP contribution in [-0.2, 0) is 4.79 Å². The summed E-state index contributed by atoms with van der Waals surface area (Å²) in [4.78, 5) is 13.1. The molecule has 0 heterocycles. The Morgan fingerprint density at radius 2 is 1.83 bits per heavy atom. The highest BCUT2D eigenvalue weighted by molar-refractivity contribution is 6.25. The van der Waals surface area contributed by atoms with Crippen molar-refractivity contribution in [2.75, 3.05) is 7.11 Å². The zero-order valence-electron chi connectivity index (χ0n) is 13.4. The third-order valence-electron chi connectivity index (χ3n) is 6.58. The Bertz CT molecular complexity index is 728. The van der Waals surface area contributed by atoms with E-state index in [-0.39, 0.29) is 17.6 Å². The van der Waals surface area contributed by atoms with Gasteiger partial charge in [-0.1, -0.05) is 6.07 Å². The van der Waals surface area contributed by atoms with Crippen molar-refractivity contribution in [1.82, 2.24) is 0 Å². The zero-order chi connectivity index (χ0) is 15.7. The van der Waals surface area contributed by atoms with Crippen molar-refractivity contribution in [2.24, 2.45) is 23.7 Å². The molecule has 1 aromatic rings. The summed E-state index contributed by atoms with van der Waals surface area (Å²) in [6, 6.07) is 6.01. The number of carbonyl (C=O) groups is 1. The quantitative estimate of drug-likeness (QED) is 0.915. The highest BCUT2D eigenvalue weighted by Crippen LogP contribution is 2.60. The van der Waals surface area contributed by atoms with E-state index in [1.165, 1.54) is 24.8 Å². The number of aliphatic hydroxyl groups is 1. The van der Waals surface area contributed by atoms with E-state index in [0.29, 0.717) is 29.1 Å². The van der Waals surface area contributed by atoms with E-state index in [4.69, 9.17) is 4.74 Å². The van der Waals surface area contributed by atoms with E-state index in [2.05, 4.69) is 6.07 Å². The van der Waals surface area contributed by atoms with Crippen LogP contribution in [0.2, 0.25) is 0 Å². The molecule has 4 aliphatic rings. The molecule has 5 rings (SSSR count). The van der Waals surface area contributed by atoms with Gasteiger partial charge in [0.1, 0.15) is 11.5 Å². The molecule has 120 valence electrons. The van der Waals surface area contributed by atoms with Gasteiger partial charge in [0.2, 0.25) is 0 Å². The van der Waals surface area contributed by atoms with Gasteiger partial charge in [0.05, 0.1) is 12.7 Å². The lowest BCUT2D eigenvalue weighted by molar-refractivity contribution is -0.118. The van der Waals surface area contributed by atoms with Crippen LogP contribution in [0.15, 0.2) is 24.0 Å². The Balaban J connectivity index is 1.65.